The number of benzene rings is 1. The standard InChI is InChI=1S/C25H29N10OP/c1-14-20(36-17-5-6-35(27-2)21(26)7-17)4-3-18(23(14)37)32-24-22-19(30-13-31-24)10-29-25(33-22)34-11-15-8-28-9-16(15)12-34/h3-7,10,13,15-16,26-28H,8-9,11-12,37H2,1-2H3,(H,30,31,32)/t15-,16+. The van der Waals surface area contributed by atoms with E-state index < -0.39 is 0 Å². The maximum absolute atomic E-state index is 8.08. The van der Waals surface area contributed by atoms with Crippen LogP contribution in [0.5, 0.6) is 11.5 Å². The summed E-state index contributed by atoms with van der Waals surface area (Å²) in [4.78, 5) is 20.6. The lowest BCUT2D eigenvalue weighted by Crippen LogP contribution is -2.27. The molecule has 4 aromatic rings. The Morgan fingerprint density at radius 1 is 1.14 bits per heavy atom. The summed E-state index contributed by atoms with van der Waals surface area (Å²) in [5.74, 6) is 3.97. The van der Waals surface area contributed by atoms with E-state index in [0.717, 1.165) is 48.7 Å². The highest BCUT2D eigenvalue weighted by molar-refractivity contribution is 7.28. The van der Waals surface area contributed by atoms with Gasteiger partial charge in [0, 0.05) is 56.7 Å². The first-order valence-corrected chi connectivity index (χ1v) is 12.8. The van der Waals surface area contributed by atoms with E-state index in [4.69, 9.17) is 15.1 Å². The van der Waals surface area contributed by atoms with E-state index in [1.54, 1.807) is 30.2 Å². The predicted octanol–water partition coefficient (Wildman–Crippen LogP) is 1.87. The number of ether oxygens (including phenoxy) is 1. The van der Waals surface area contributed by atoms with Crippen LogP contribution in [0.25, 0.3) is 11.0 Å². The Hall–Kier alpha value is -3.82. The number of nitrogens with zero attached hydrogens (tertiary/aromatic N) is 6. The molecule has 37 heavy (non-hydrogen) atoms. The number of nitrogens with one attached hydrogen (secondary N) is 4. The first kappa shape index (κ1) is 23.6. The van der Waals surface area contributed by atoms with Crippen LogP contribution >= 0.6 is 9.24 Å². The molecule has 0 radical (unpaired) electrons. The van der Waals surface area contributed by atoms with E-state index >= 15 is 0 Å². The molecule has 190 valence electrons. The van der Waals surface area contributed by atoms with Crippen LogP contribution in [0.15, 0.2) is 43.0 Å². The summed E-state index contributed by atoms with van der Waals surface area (Å²) in [5.41, 5.74) is 6.43. The number of fused-ring (bicyclic) bond motifs is 2. The minimum Gasteiger partial charge on any atom is -0.457 e. The molecule has 3 aromatic heterocycles. The monoisotopic (exact) mass is 516 g/mol. The average Bonchev–Trinajstić information content (AvgIpc) is 3.51. The molecule has 0 aliphatic carbocycles. The molecule has 2 aliphatic heterocycles. The fraction of sp³-hybridized carbons (Fsp3) is 0.320. The molecular weight excluding hydrogens is 487 g/mol. The number of aromatic nitrogens is 5. The molecule has 2 saturated heterocycles. The minimum atomic E-state index is 0.299. The summed E-state index contributed by atoms with van der Waals surface area (Å²) in [7, 11) is 4.55. The van der Waals surface area contributed by atoms with Gasteiger partial charge in [-0.15, -0.1) is 9.24 Å². The van der Waals surface area contributed by atoms with Crippen molar-refractivity contribution in [1.29, 1.82) is 5.41 Å². The second-order valence-electron chi connectivity index (χ2n) is 9.43. The van der Waals surface area contributed by atoms with Gasteiger partial charge in [-0.25, -0.2) is 19.9 Å². The largest absolute Gasteiger partial charge is 0.457 e. The fourth-order valence-corrected chi connectivity index (χ4v) is 5.34. The number of anilines is 3. The van der Waals surface area contributed by atoms with Gasteiger partial charge in [0.25, 0.3) is 0 Å². The summed E-state index contributed by atoms with van der Waals surface area (Å²) in [6, 6.07) is 7.35. The van der Waals surface area contributed by atoms with E-state index in [-0.39, 0.29) is 0 Å². The Labute approximate surface area is 216 Å². The van der Waals surface area contributed by atoms with Gasteiger partial charge in [-0.05, 0) is 42.3 Å². The van der Waals surface area contributed by atoms with Gasteiger partial charge in [-0.3, -0.25) is 10.1 Å². The minimum absolute atomic E-state index is 0.299. The highest BCUT2D eigenvalue weighted by Crippen LogP contribution is 2.31. The lowest BCUT2D eigenvalue weighted by Gasteiger charge is -2.18. The van der Waals surface area contributed by atoms with Crippen LogP contribution in [-0.2, 0) is 0 Å². The van der Waals surface area contributed by atoms with E-state index in [1.165, 1.54) is 6.33 Å². The van der Waals surface area contributed by atoms with Gasteiger partial charge in [0.15, 0.2) is 5.82 Å². The zero-order valence-corrected chi connectivity index (χ0v) is 21.8. The van der Waals surface area contributed by atoms with Gasteiger partial charge in [0.2, 0.25) is 5.95 Å². The second-order valence-corrected chi connectivity index (χ2v) is 10.0. The molecular formula is C25H29N10OP. The van der Waals surface area contributed by atoms with Crippen LogP contribution in [0, 0.1) is 24.2 Å². The van der Waals surface area contributed by atoms with Gasteiger partial charge >= 0.3 is 0 Å². The van der Waals surface area contributed by atoms with Crippen LogP contribution in [0.1, 0.15) is 5.56 Å². The van der Waals surface area contributed by atoms with Crippen LogP contribution < -0.4 is 36.5 Å². The van der Waals surface area contributed by atoms with Gasteiger partial charge in [0.1, 0.15) is 34.3 Å². The van der Waals surface area contributed by atoms with Crippen molar-refractivity contribution in [3.63, 3.8) is 0 Å². The van der Waals surface area contributed by atoms with E-state index in [9.17, 15) is 0 Å². The Morgan fingerprint density at radius 3 is 2.70 bits per heavy atom. The molecule has 2 aliphatic rings. The van der Waals surface area contributed by atoms with Crippen LogP contribution in [0.3, 0.4) is 0 Å². The van der Waals surface area contributed by atoms with Crippen LogP contribution in [0.2, 0.25) is 0 Å². The van der Waals surface area contributed by atoms with E-state index in [2.05, 4.69) is 45.2 Å². The quantitative estimate of drug-likeness (QED) is 0.284. The summed E-state index contributed by atoms with van der Waals surface area (Å²) in [6.45, 7) is 6.05. The highest BCUT2D eigenvalue weighted by atomic mass is 31.0. The molecule has 0 spiro atoms. The molecule has 6 rings (SSSR count). The number of rotatable bonds is 6. The molecule has 12 heteroatoms. The van der Waals surface area contributed by atoms with Crippen molar-refractivity contribution < 1.29 is 4.74 Å². The van der Waals surface area contributed by atoms with Gasteiger partial charge in [-0.1, -0.05) is 0 Å². The van der Waals surface area contributed by atoms with Crippen LogP contribution in [-0.4, -0.2) is 57.8 Å². The zero-order valence-electron chi connectivity index (χ0n) is 20.7. The summed E-state index contributed by atoms with van der Waals surface area (Å²) < 4.78 is 7.69. The molecule has 1 unspecified atom stereocenters. The van der Waals surface area contributed by atoms with Crippen molar-refractivity contribution >= 4 is 43.0 Å². The first-order chi connectivity index (χ1) is 18.0. The SMILES string of the molecule is CNn1ccc(Oc2ccc(Nc3ncnc4cnc(N5C[C@H]6CNC[C@H]6C5)nc34)c(P)c2C)cc1=N. The Bertz CT molecular complexity index is 1530. The lowest BCUT2D eigenvalue weighted by molar-refractivity contribution is 0.476. The third-order valence-electron chi connectivity index (χ3n) is 7.15. The maximum atomic E-state index is 8.08. The topological polar surface area (TPSA) is 129 Å². The van der Waals surface area contributed by atoms with Gasteiger partial charge in [0.05, 0.1) is 6.20 Å². The predicted molar refractivity (Wildman–Crippen MR) is 147 cm³/mol. The van der Waals surface area contributed by atoms with E-state index in [0.29, 0.717) is 45.7 Å². The fourth-order valence-electron chi connectivity index (χ4n) is 5.03. The van der Waals surface area contributed by atoms with Crippen molar-refractivity contribution in [1.82, 2.24) is 29.9 Å². The molecule has 11 nitrogen and oxygen atoms in total. The molecule has 3 atom stereocenters. The van der Waals surface area contributed by atoms with Crippen molar-refractivity contribution in [2.45, 2.75) is 6.92 Å². The van der Waals surface area contributed by atoms with Crippen molar-refractivity contribution in [2.24, 2.45) is 11.8 Å². The molecule has 1 aromatic carbocycles. The van der Waals surface area contributed by atoms with Crippen molar-refractivity contribution in [3.8, 4) is 11.5 Å². The summed E-state index contributed by atoms with van der Waals surface area (Å²) >= 11 is 0. The number of hydrogen-bond acceptors (Lipinski definition) is 10. The summed E-state index contributed by atoms with van der Waals surface area (Å²) in [5, 5.41) is 15.9. The molecule has 0 bridgehead atoms. The van der Waals surface area contributed by atoms with E-state index in [1.807, 2.05) is 25.1 Å². The molecule has 0 amide bonds. The molecule has 2 fully saturated rings. The third-order valence-corrected chi connectivity index (χ3v) is 7.89. The third kappa shape index (κ3) is 4.45. The first-order valence-electron chi connectivity index (χ1n) is 12.2. The zero-order chi connectivity index (χ0) is 25.5. The van der Waals surface area contributed by atoms with Crippen molar-refractivity contribution in [3.05, 3.63) is 54.0 Å². The average molecular weight is 517 g/mol. The van der Waals surface area contributed by atoms with Gasteiger partial charge in [-0.2, -0.15) is 0 Å². The normalized spacial score (nSPS) is 18.7. The second kappa shape index (κ2) is 9.57. The summed E-state index contributed by atoms with van der Waals surface area (Å²) in [6.07, 6.45) is 5.06. The van der Waals surface area contributed by atoms with Gasteiger partial charge < -0.3 is 25.7 Å². The Balaban J connectivity index is 1.27. The lowest BCUT2D eigenvalue weighted by atomic mass is 10.0. The number of hydrogen-bond donors (Lipinski definition) is 4. The smallest absolute Gasteiger partial charge is 0.226 e. The molecule has 5 heterocycles. The molecule has 0 saturated carbocycles. The molecule has 4 N–H and O–H groups in total. The maximum Gasteiger partial charge on any atom is 0.226 e. The number of pyridine rings is 1. The van der Waals surface area contributed by atoms with Crippen LogP contribution in [0.4, 0.5) is 17.5 Å². The Kier molecular flexibility index (Phi) is 6.10. The highest BCUT2D eigenvalue weighted by Gasteiger charge is 2.37. The Morgan fingerprint density at radius 2 is 1.95 bits per heavy atom. The van der Waals surface area contributed by atoms with Crippen molar-refractivity contribution in [2.75, 3.05) is 48.9 Å².